The van der Waals surface area contributed by atoms with Crippen molar-refractivity contribution in [2.24, 2.45) is 0 Å². The lowest BCUT2D eigenvalue weighted by molar-refractivity contribution is -0.143. The summed E-state index contributed by atoms with van der Waals surface area (Å²) < 4.78 is 5.49. The predicted octanol–water partition coefficient (Wildman–Crippen LogP) is 21.6. The molecular formula is C68H133NO5. The van der Waals surface area contributed by atoms with Crippen LogP contribution in [0.25, 0.3) is 0 Å². The molecule has 0 bridgehead atoms. The Balaban J connectivity index is 3.41. The molecule has 0 aromatic carbocycles. The minimum absolute atomic E-state index is 0.00102. The first-order chi connectivity index (χ1) is 36.5. The number of rotatable bonds is 64. The number of unbranched alkanes of at least 4 members (excludes halogenated alkanes) is 51. The van der Waals surface area contributed by atoms with E-state index in [4.69, 9.17) is 4.74 Å². The molecule has 1 amide bonds. The second-order valence-corrected chi connectivity index (χ2v) is 23.5. The summed E-state index contributed by atoms with van der Waals surface area (Å²) in [6.07, 6.45) is 78.1. The summed E-state index contributed by atoms with van der Waals surface area (Å²) >= 11 is 0. The third-order valence-corrected chi connectivity index (χ3v) is 16.1. The van der Waals surface area contributed by atoms with Crippen LogP contribution in [0.4, 0.5) is 0 Å². The number of carbonyl (C=O) groups excluding carboxylic acids is 2. The van der Waals surface area contributed by atoms with E-state index in [1.54, 1.807) is 0 Å². The number of ether oxygens (including phenoxy) is 1. The van der Waals surface area contributed by atoms with Gasteiger partial charge in [0.2, 0.25) is 5.91 Å². The van der Waals surface area contributed by atoms with Gasteiger partial charge in [0.1, 0.15) is 0 Å². The second kappa shape index (κ2) is 64.1. The van der Waals surface area contributed by atoms with Gasteiger partial charge in [-0.3, -0.25) is 9.59 Å². The highest BCUT2D eigenvalue weighted by atomic mass is 16.5. The fourth-order valence-electron chi connectivity index (χ4n) is 10.9. The minimum Gasteiger partial charge on any atom is -0.466 e. The fraction of sp³-hybridized carbons (Fsp3) is 0.941. The van der Waals surface area contributed by atoms with E-state index in [1.807, 2.05) is 0 Å². The third kappa shape index (κ3) is 59.8. The highest BCUT2D eigenvalue weighted by molar-refractivity contribution is 5.76. The first-order valence-corrected chi connectivity index (χ1v) is 33.9. The van der Waals surface area contributed by atoms with Crippen molar-refractivity contribution in [3.63, 3.8) is 0 Å². The monoisotopic (exact) mass is 1040 g/mol. The summed E-state index contributed by atoms with van der Waals surface area (Å²) in [5.41, 5.74) is 0. The number of allylic oxidation sites excluding steroid dienone is 2. The van der Waals surface area contributed by atoms with Crippen LogP contribution in [0, 0.1) is 0 Å². The molecule has 0 aliphatic carbocycles. The lowest BCUT2D eigenvalue weighted by Crippen LogP contribution is -2.45. The smallest absolute Gasteiger partial charge is 0.305 e. The molecule has 440 valence electrons. The minimum atomic E-state index is -0.671. The average Bonchev–Trinajstić information content (AvgIpc) is 3.40. The van der Waals surface area contributed by atoms with Gasteiger partial charge in [-0.2, -0.15) is 0 Å². The SMILES string of the molecule is CCCCCCCC/C=C\CCCCCCCCCC(=O)OCCCCCCCCCCCCCCCCCC(=O)NC(CO)C(O)CCCCCCCCCCCCCCCCCCCCCCCCCCC. The number of amides is 1. The van der Waals surface area contributed by atoms with Crippen molar-refractivity contribution in [1.29, 1.82) is 0 Å². The molecule has 0 spiro atoms. The van der Waals surface area contributed by atoms with Crippen LogP contribution in [-0.4, -0.2) is 47.4 Å². The van der Waals surface area contributed by atoms with Crippen LogP contribution in [0.5, 0.6) is 0 Å². The largest absolute Gasteiger partial charge is 0.466 e. The summed E-state index contributed by atoms with van der Waals surface area (Å²) in [4.78, 5) is 24.6. The highest BCUT2D eigenvalue weighted by Gasteiger charge is 2.20. The van der Waals surface area contributed by atoms with Crippen molar-refractivity contribution < 1.29 is 24.5 Å². The van der Waals surface area contributed by atoms with Crippen LogP contribution in [0.15, 0.2) is 12.2 Å². The Labute approximate surface area is 463 Å². The molecule has 0 saturated heterocycles. The molecule has 0 aromatic rings. The van der Waals surface area contributed by atoms with E-state index in [-0.39, 0.29) is 18.5 Å². The van der Waals surface area contributed by atoms with Gasteiger partial charge >= 0.3 is 5.97 Å². The highest BCUT2D eigenvalue weighted by Crippen LogP contribution is 2.19. The zero-order valence-electron chi connectivity index (χ0n) is 50.4. The van der Waals surface area contributed by atoms with Crippen LogP contribution in [0.1, 0.15) is 386 Å². The topological polar surface area (TPSA) is 95.9 Å². The summed E-state index contributed by atoms with van der Waals surface area (Å²) in [5, 5.41) is 23.4. The van der Waals surface area contributed by atoms with Crippen LogP contribution >= 0.6 is 0 Å². The Morgan fingerprint density at radius 1 is 0.365 bits per heavy atom. The standard InChI is InChI=1S/C68H133NO5/c1-3-5-7-9-11-13-15-17-19-21-22-23-24-25-26-27-28-30-32-36-40-44-48-52-56-60-66(71)65(64-70)69-67(72)61-57-53-49-45-41-37-33-31-35-39-43-47-51-55-59-63-74-68(73)62-58-54-50-46-42-38-34-29-20-18-16-14-12-10-8-6-4-2/h18,20,65-66,70-71H,3-17,19,21-64H2,1-2H3,(H,69,72)/b20-18-. The molecule has 0 heterocycles. The van der Waals surface area contributed by atoms with E-state index in [1.165, 1.54) is 308 Å². The van der Waals surface area contributed by atoms with E-state index < -0.39 is 12.1 Å². The lowest BCUT2D eigenvalue weighted by Gasteiger charge is -2.22. The number of hydrogen-bond acceptors (Lipinski definition) is 5. The van der Waals surface area contributed by atoms with Crippen molar-refractivity contribution in [3.8, 4) is 0 Å². The number of aliphatic hydroxyl groups excluding tert-OH is 2. The molecule has 6 nitrogen and oxygen atoms in total. The third-order valence-electron chi connectivity index (χ3n) is 16.1. The van der Waals surface area contributed by atoms with Gasteiger partial charge in [-0.15, -0.1) is 0 Å². The van der Waals surface area contributed by atoms with Gasteiger partial charge < -0.3 is 20.3 Å². The number of aliphatic hydroxyl groups is 2. The Kier molecular flexibility index (Phi) is 62.9. The molecule has 0 aliphatic heterocycles. The predicted molar refractivity (Wildman–Crippen MR) is 324 cm³/mol. The number of esters is 1. The molecule has 0 aromatic heterocycles. The molecule has 0 saturated carbocycles. The molecule has 2 atom stereocenters. The zero-order chi connectivity index (χ0) is 53.6. The summed E-state index contributed by atoms with van der Waals surface area (Å²) in [5.74, 6) is -0.0395. The average molecular weight is 1040 g/mol. The Morgan fingerprint density at radius 3 is 0.959 bits per heavy atom. The maximum absolute atomic E-state index is 12.5. The molecule has 0 aliphatic rings. The van der Waals surface area contributed by atoms with Crippen LogP contribution < -0.4 is 5.32 Å². The first kappa shape index (κ1) is 72.6. The molecule has 6 heteroatoms. The quantitative estimate of drug-likeness (QED) is 0.0320. The first-order valence-electron chi connectivity index (χ1n) is 33.9. The number of hydrogen-bond donors (Lipinski definition) is 3. The van der Waals surface area contributed by atoms with Gasteiger partial charge in [0.05, 0.1) is 25.4 Å². The molecular weight excluding hydrogens is 911 g/mol. The Hall–Kier alpha value is -1.40. The van der Waals surface area contributed by atoms with Crippen molar-refractivity contribution in [3.05, 3.63) is 12.2 Å². The zero-order valence-corrected chi connectivity index (χ0v) is 50.4. The van der Waals surface area contributed by atoms with Crippen LogP contribution in [-0.2, 0) is 14.3 Å². The van der Waals surface area contributed by atoms with E-state index in [9.17, 15) is 19.8 Å². The van der Waals surface area contributed by atoms with Crippen LogP contribution in [0.3, 0.4) is 0 Å². The van der Waals surface area contributed by atoms with Gasteiger partial charge in [0.15, 0.2) is 0 Å². The summed E-state index contributed by atoms with van der Waals surface area (Å²) in [6, 6.07) is -0.549. The summed E-state index contributed by atoms with van der Waals surface area (Å²) in [7, 11) is 0. The molecule has 2 unspecified atom stereocenters. The normalized spacial score (nSPS) is 12.5. The molecule has 0 fully saturated rings. The van der Waals surface area contributed by atoms with Crippen molar-refractivity contribution in [2.45, 2.75) is 398 Å². The van der Waals surface area contributed by atoms with Gasteiger partial charge in [-0.05, 0) is 51.4 Å². The summed E-state index contributed by atoms with van der Waals surface area (Å²) in [6.45, 7) is 4.97. The van der Waals surface area contributed by atoms with Gasteiger partial charge in [-0.25, -0.2) is 0 Å². The van der Waals surface area contributed by atoms with Crippen molar-refractivity contribution in [2.75, 3.05) is 13.2 Å². The number of carbonyl (C=O) groups is 2. The van der Waals surface area contributed by atoms with E-state index >= 15 is 0 Å². The number of nitrogens with one attached hydrogen (secondary N) is 1. The lowest BCUT2D eigenvalue weighted by atomic mass is 10.0. The molecule has 0 radical (unpaired) electrons. The van der Waals surface area contributed by atoms with Gasteiger partial charge in [0, 0.05) is 12.8 Å². The van der Waals surface area contributed by atoms with E-state index in [0.29, 0.717) is 25.9 Å². The molecule has 3 N–H and O–H groups in total. The van der Waals surface area contributed by atoms with Gasteiger partial charge in [0.25, 0.3) is 0 Å². The Morgan fingerprint density at radius 2 is 0.635 bits per heavy atom. The van der Waals surface area contributed by atoms with E-state index in [0.717, 1.165) is 44.9 Å². The van der Waals surface area contributed by atoms with Gasteiger partial charge in [-0.1, -0.05) is 334 Å². The molecule has 0 rings (SSSR count). The Bertz CT molecular complexity index is 1110. The van der Waals surface area contributed by atoms with Crippen LogP contribution in [0.2, 0.25) is 0 Å². The molecule has 74 heavy (non-hydrogen) atoms. The van der Waals surface area contributed by atoms with Crippen molar-refractivity contribution >= 4 is 11.9 Å². The maximum atomic E-state index is 12.5. The van der Waals surface area contributed by atoms with Crippen molar-refractivity contribution in [1.82, 2.24) is 5.32 Å². The second-order valence-electron chi connectivity index (χ2n) is 23.5. The van der Waals surface area contributed by atoms with E-state index in [2.05, 4.69) is 31.3 Å². The fourth-order valence-corrected chi connectivity index (χ4v) is 10.9. The maximum Gasteiger partial charge on any atom is 0.305 e.